The Kier molecular flexibility index (Phi) is 7.67. The normalized spacial score (nSPS) is 15.1. The lowest BCUT2D eigenvalue weighted by Gasteiger charge is -2.27. The third kappa shape index (κ3) is 6.70. The zero-order valence-electron chi connectivity index (χ0n) is 17.3. The van der Waals surface area contributed by atoms with E-state index in [2.05, 4.69) is 5.32 Å². The van der Waals surface area contributed by atoms with E-state index in [1.807, 2.05) is 58.9 Å². The number of benzene rings is 1. The second kappa shape index (κ2) is 9.06. The molecule has 26 heavy (non-hydrogen) atoms. The molecule has 0 saturated heterocycles. The van der Waals surface area contributed by atoms with Gasteiger partial charge in [0.1, 0.15) is 17.7 Å². The van der Waals surface area contributed by atoms with Crippen LogP contribution in [0.3, 0.4) is 0 Å². The van der Waals surface area contributed by atoms with Gasteiger partial charge in [-0.2, -0.15) is 0 Å². The SMILES string of the molecule is Cc1ccccc1[C@H](C)[C@@H](C)OC(=O)[C@@H](NC(=O)OC(C)(C)C)C(C)C. The van der Waals surface area contributed by atoms with Crippen LogP contribution in [0.15, 0.2) is 24.3 Å². The van der Waals surface area contributed by atoms with Crippen molar-refractivity contribution in [3.63, 3.8) is 0 Å². The molecular weight excluding hydrogens is 330 g/mol. The molecule has 0 aliphatic heterocycles. The maximum Gasteiger partial charge on any atom is 0.408 e. The van der Waals surface area contributed by atoms with Crippen molar-refractivity contribution in [3.05, 3.63) is 35.4 Å². The van der Waals surface area contributed by atoms with E-state index in [0.717, 1.165) is 11.1 Å². The van der Waals surface area contributed by atoms with Gasteiger partial charge in [-0.25, -0.2) is 9.59 Å². The van der Waals surface area contributed by atoms with Crippen LogP contribution in [0.1, 0.15) is 65.5 Å². The molecule has 0 bridgehead atoms. The first-order valence-corrected chi connectivity index (χ1v) is 9.18. The van der Waals surface area contributed by atoms with E-state index in [0.29, 0.717) is 0 Å². The van der Waals surface area contributed by atoms with Gasteiger partial charge >= 0.3 is 12.1 Å². The van der Waals surface area contributed by atoms with Crippen LogP contribution >= 0.6 is 0 Å². The lowest BCUT2D eigenvalue weighted by molar-refractivity contribution is -0.153. The summed E-state index contributed by atoms with van der Waals surface area (Å²) in [5.74, 6) is -0.510. The number of carbonyl (C=O) groups is 2. The van der Waals surface area contributed by atoms with Gasteiger partial charge in [0.2, 0.25) is 0 Å². The maximum atomic E-state index is 12.6. The third-order valence-electron chi connectivity index (χ3n) is 4.28. The number of carbonyl (C=O) groups excluding carboxylic acids is 2. The Morgan fingerprint density at radius 1 is 1.04 bits per heavy atom. The zero-order valence-corrected chi connectivity index (χ0v) is 17.3. The van der Waals surface area contributed by atoms with Gasteiger partial charge in [0, 0.05) is 5.92 Å². The Morgan fingerprint density at radius 2 is 1.62 bits per heavy atom. The van der Waals surface area contributed by atoms with Crippen LogP contribution in [-0.2, 0) is 14.3 Å². The lowest BCUT2D eigenvalue weighted by atomic mass is 9.92. The molecule has 0 aromatic heterocycles. The van der Waals surface area contributed by atoms with Crippen LogP contribution in [-0.4, -0.2) is 29.8 Å². The molecule has 1 rings (SSSR count). The first-order chi connectivity index (χ1) is 11.9. The van der Waals surface area contributed by atoms with Gasteiger partial charge in [-0.15, -0.1) is 0 Å². The lowest BCUT2D eigenvalue weighted by Crippen LogP contribution is -2.48. The molecule has 1 amide bonds. The van der Waals surface area contributed by atoms with Crippen LogP contribution in [0.5, 0.6) is 0 Å². The summed E-state index contributed by atoms with van der Waals surface area (Å²) in [7, 11) is 0. The number of hydrogen-bond acceptors (Lipinski definition) is 4. The number of hydrogen-bond donors (Lipinski definition) is 1. The molecule has 1 aromatic carbocycles. The molecule has 1 N–H and O–H groups in total. The third-order valence-corrected chi connectivity index (χ3v) is 4.28. The van der Waals surface area contributed by atoms with E-state index in [1.54, 1.807) is 20.8 Å². The second-order valence-electron chi connectivity index (χ2n) is 8.16. The van der Waals surface area contributed by atoms with E-state index >= 15 is 0 Å². The molecular formula is C21H33NO4. The fourth-order valence-corrected chi connectivity index (χ4v) is 2.64. The molecule has 0 heterocycles. The molecule has 5 heteroatoms. The minimum Gasteiger partial charge on any atom is -0.460 e. The van der Waals surface area contributed by atoms with Crippen molar-refractivity contribution >= 4 is 12.1 Å². The first-order valence-electron chi connectivity index (χ1n) is 9.18. The Hall–Kier alpha value is -2.04. The molecule has 3 atom stereocenters. The van der Waals surface area contributed by atoms with E-state index in [9.17, 15) is 9.59 Å². The highest BCUT2D eigenvalue weighted by Gasteiger charge is 2.30. The summed E-state index contributed by atoms with van der Waals surface area (Å²) in [6, 6.07) is 7.30. The highest BCUT2D eigenvalue weighted by atomic mass is 16.6. The monoisotopic (exact) mass is 363 g/mol. The Balaban J connectivity index is 2.77. The Bertz CT molecular complexity index is 619. The van der Waals surface area contributed by atoms with Crippen LogP contribution in [0.4, 0.5) is 4.79 Å². The van der Waals surface area contributed by atoms with Gasteiger partial charge < -0.3 is 14.8 Å². The topological polar surface area (TPSA) is 64.6 Å². The average molecular weight is 363 g/mol. The minimum absolute atomic E-state index is 0.0505. The molecule has 0 saturated carbocycles. The summed E-state index contributed by atoms with van der Waals surface area (Å²) in [5, 5.41) is 2.63. The standard InChI is InChI=1S/C21H33NO4/c1-13(2)18(22-20(24)26-21(6,7)8)19(23)25-16(5)15(4)17-12-10-9-11-14(17)3/h9-13,15-16,18H,1-8H3,(H,22,24)/t15-,16-,18+/m1/s1. The number of esters is 1. The van der Waals surface area contributed by atoms with Gasteiger partial charge in [-0.05, 0) is 51.7 Å². The van der Waals surface area contributed by atoms with Crippen LogP contribution < -0.4 is 5.32 Å². The number of ether oxygens (including phenoxy) is 2. The van der Waals surface area contributed by atoms with Crippen molar-refractivity contribution in [3.8, 4) is 0 Å². The number of alkyl carbamates (subject to hydrolysis) is 1. The summed E-state index contributed by atoms with van der Waals surface area (Å²) >= 11 is 0. The predicted molar refractivity (Wildman–Crippen MR) is 103 cm³/mol. The number of amides is 1. The largest absolute Gasteiger partial charge is 0.460 e. The molecule has 0 aliphatic rings. The average Bonchev–Trinajstić information content (AvgIpc) is 2.50. The van der Waals surface area contributed by atoms with Crippen LogP contribution in [0.25, 0.3) is 0 Å². The predicted octanol–water partition coefficient (Wildman–Crippen LogP) is 4.58. The van der Waals surface area contributed by atoms with Gasteiger partial charge in [0.15, 0.2) is 0 Å². The van der Waals surface area contributed by atoms with Crippen molar-refractivity contribution in [1.82, 2.24) is 5.32 Å². The van der Waals surface area contributed by atoms with Crippen molar-refractivity contribution in [2.75, 3.05) is 0 Å². The van der Waals surface area contributed by atoms with Crippen LogP contribution in [0.2, 0.25) is 0 Å². The smallest absolute Gasteiger partial charge is 0.408 e. The van der Waals surface area contributed by atoms with Gasteiger partial charge in [0.05, 0.1) is 0 Å². The van der Waals surface area contributed by atoms with E-state index in [1.165, 1.54) is 0 Å². The summed E-state index contributed by atoms with van der Waals surface area (Å²) < 4.78 is 10.9. The molecule has 146 valence electrons. The molecule has 0 spiro atoms. The quantitative estimate of drug-likeness (QED) is 0.751. The fourth-order valence-electron chi connectivity index (χ4n) is 2.64. The fraction of sp³-hybridized carbons (Fsp3) is 0.619. The number of aryl methyl sites for hydroxylation is 1. The van der Waals surface area contributed by atoms with E-state index in [4.69, 9.17) is 9.47 Å². The summed E-state index contributed by atoms with van der Waals surface area (Å²) in [4.78, 5) is 24.6. The summed E-state index contributed by atoms with van der Waals surface area (Å²) in [6.45, 7) is 15.0. The van der Waals surface area contributed by atoms with Crippen molar-refractivity contribution in [1.29, 1.82) is 0 Å². The molecule has 0 aliphatic carbocycles. The number of nitrogens with one attached hydrogen (secondary N) is 1. The second-order valence-corrected chi connectivity index (χ2v) is 8.16. The molecule has 0 radical (unpaired) electrons. The molecule has 0 fully saturated rings. The van der Waals surface area contributed by atoms with Crippen molar-refractivity contribution < 1.29 is 19.1 Å². The van der Waals surface area contributed by atoms with Gasteiger partial charge in [0.25, 0.3) is 0 Å². The zero-order chi connectivity index (χ0) is 20.1. The highest BCUT2D eigenvalue weighted by Crippen LogP contribution is 2.25. The molecule has 5 nitrogen and oxygen atoms in total. The van der Waals surface area contributed by atoms with Crippen LogP contribution in [0, 0.1) is 12.8 Å². The Morgan fingerprint density at radius 3 is 2.12 bits per heavy atom. The van der Waals surface area contributed by atoms with Crippen molar-refractivity contribution in [2.45, 2.75) is 79.1 Å². The van der Waals surface area contributed by atoms with Crippen molar-refractivity contribution in [2.24, 2.45) is 5.92 Å². The maximum absolute atomic E-state index is 12.6. The minimum atomic E-state index is -0.753. The number of rotatable bonds is 6. The molecule has 0 unspecified atom stereocenters. The molecule has 1 aromatic rings. The summed E-state index contributed by atoms with van der Waals surface area (Å²) in [5.41, 5.74) is 1.69. The highest BCUT2D eigenvalue weighted by molar-refractivity contribution is 5.81. The van der Waals surface area contributed by atoms with Gasteiger partial charge in [-0.3, -0.25) is 0 Å². The van der Waals surface area contributed by atoms with E-state index in [-0.39, 0.29) is 17.9 Å². The van der Waals surface area contributed by atoms with E-state index < -0.39 is 23.7 Å². The first kappa shape index (κ1) is 22.0. The summed E-state index contributed by atoms with van der Waals surface area (Å²) in [6.07, 6.45) is -0.932. The Labute approximate surface area is 157 Å². The van der Waals surface area contributed by atoms with Gasteiger partial charge in [-0.1, -0.05) is 45.0 Å².